The molecule has 7 heteroatoms. The topological polar surface area (TPSA) is 70.8 Å². The molecule has 3 aromatic rings. The Labute approximate surface area is 131 Å². The monoisotopic (exact) mass is 307 g/mol. The molecule has 0 bridgehead atoms. The van der Waals surface area contributed by atoms with E-state index < -0.39 is 12.1 Å². The fourth-order valence-electron chi connectivity index (χ4n) is 2.82. The molecular weight excluding hydrogens is 294 g/mol. The average Bonchev–Trinajstić information content (AvgIpc) is 3.08. The number of urea groups is 1. The van der Waals surface area contributed by atoms with Gasteiger partial charge >= 0.3 is 6.03 Å². The van der Waals surface area contributed by atoms with E-state index in [9.17, 15) is 9.59 Å². The van der Waals surface area contributed by atoms with Crippen LogP contribution in [0.5, 0.6) is 0 Å². The molecule has 3 amide bonds. The van der Waals surface area contributed by atoms with Gasteiger partial charge < -0.3 is 4.90 Å². The van der Waals surface area contributed by atoms with Gasteiger partial charge in [0.1, 0.15) is 6.04 Å². The lowest BCUT2D eigenvalue weighted by atomic mass is 10.1. The molecule has 2 aromatic heterocycles. The zero-order valence-electron chi connectivity index (χ0n) is 12.3. The minimum absolute atomic E-state index is 0.209. The van der Waals surface area contributed by atoms with Gasteiger partial charge in [0.05, 0.1) is 0 Å². The van der Waals surface area contributed by atoms with Crippen LogP contribution in [0.1, 0.15) is 11.6 Å². The van der Waals surface area contributed by atoms with Gasteiger partial charge in [-0.2, -0.15) is 4.90 Å². The van der Waals surface area contributed by atoms with Crippen LogP contribution in [0, 0.1) is 0 Å². The average molecular weight is 307 g/mol. The van der Waals surface area contributed by atoms with Crippen molar-refractivity contribution >= 4 is 23.5 Å². The predicted molar refractivity (Wildman–Crippen MR) is 82.8 cm³/mol. The predicted octanol–water partition coefficient (Wildman–Crippen LogP) is 1.87. The van der Waals surface area contributed by atoms with E-state index in [0.29, 0.717) is 5.65 Å². The number of carbonyl (C=O) groups is 2. The van der Waals surface area contributed by atoms with E-state index >= 15 is 0 Å². The van der Waals surface area contributed by atoms with Crippen LogP contribution in [-0.4, -0.2) is 38.5 Å². The first-order valence-corrected chi connectivity index (χ1v) is 7.14. The Kier molecular flexibility index (Phi) is 2.87. The van der Waals surface area contributed by atoms with Gasteiger partial charge in [-0.05, 0) is 17.7 Å². The number of benzene rings is 1. The SMILES string of the molecule is CN1C(=O)N(c2nnc3ccccn23)C(=O)[C@H]1c1ccccc1. The first-order valence-electron chi connectivity index (χ1n) is 7.14. The number of pyridine rings is 1. The number of hydrogen-bond donors (Lipinski definition) is 0. The smallest absolute Gasteiger partial charge is 0.311 e. The Morgan fingerprint density at radius 1 is 0.957 bits per heavy atom. The van der Waals surface area contributed by atoms with Gasteiger partial charge in [0.2, 0.25) is 5.95 Å². The van der Waals surface area contributed by atoms with Crippen LogP contribution in [0.4, 0.5) is 10.7 Å². The molecule has 1 fully saturated rings. The van der Waals surface area contributed by atoms with Crippen molar-refractivity contribution in [2.75, 3.05) is 11.9 Å². The maximum Gasteiger partial charge on any atom is 0.334 e. The number of likely N-dealkylation sites (N-methyl/N-ethyl adjacent to an activating group) is 1. The second-order valence-corrected chi connectivity index (χ2v) is 5.31. The largest absolute Gasteiger partial charge is 0.334 e. The molecule has 1 saturated heterocycles. The van der Waals surface area contributed by atoms with E-state index in [-0.39, 0.29) is 11.9 Å². The van der Waals surface area contributed by atoms with Gasteiger partial charge in [0.15, 0.2) is 5.65 Å². The summed E-state index contributed by atoms with van der Waals surface area (Å²) in [5, 5.41) is 8.01. The summed E-state index contributed by atoms with van der Waals surface area (Å²) in [4.78, 5) is 27.9. The first kappa shape index (κ1) is 13.4. The van der Waals surface area contributed by atoms with Crippen molar-refractivity contribution in [3.05, 3.63) is 60.3 Å². The molecule has 1 aliphatic heterocycles. The van der Waals surface area contributed by atoms with Gasteiger partial charge in [0, 0.05) is 13.2 Å². The highest BCUT2D eigenvalue weighted by atomic mass is 16.2. The van der Waals surface area contributed by atoms with E-state index in [0.717, 1.165) is 10.5 Å². The zero-order valence-corrected chi connectivity index (χ0v) is 12.3. The van der Waals surface area contributed by atoms with E-state index in [4.69, 9.17) is 0 Å². The number of nitrogens with zero attached hydrogens (tertiary/aromatic N) is 5. The van der Waals surface area contributed by atoms with Crippen molar-refractivity contribution in [3.63, 3.8) is 0 Å². The van der Waals surface area contributed by atoms with Crippen LogP contribution in [-0.2, 0) is 4.79 Å². The Bertz CT molecular complexity index is 905. The molecule has 1 atom stereocenters. The maximum atomic E-state index is 12.9. The zero-order chi connectivity index (χ0) is 16.0. The Balaban J connectivity index is 1.81. The Morgan fingerprint density at radius 3 is 2.48 bits per heavy atom. The number of carbonyl (C=O) groups excluding carboxylic acids is 2. The molecule has 0 radical (unpaired) electrons. The lowest BCUT2D eigenvalue weighted by molar-refractivity contribution is -0.119. The molecule has 0 N–H and O–H groups in total. The second-order valence-electron chi connectivity index (χ2n) is 5.31. The molecular formula is C16H13N5O2. The lowest BCUT2D eigenvalue weighted by Gasteiger charge is -2.15. The number of anilines is 1. The molecule has 0 spiro atoms. The van der Waals surface area contributed by atoms with Crippen LogP contribution < -0.4 is 4.90 Å². The second kappa shape index (κ2) is 4.91. The Hall–Kier alpha value is -3.22. The highest BCUT2D eigenvalue weighted by molar-refractivity contribution is 6.20. The number of hydrogen-bond acceptors (Lipinski definition) is 4. The fraction of sp³-hybridized carbons (Fsp3) is 0.125. The highest BCUT2D eigenvalue weighted by Crippen LogP contribution is 2.32. The van der Waals surface area contributed by atoms with Crippen molar-refractivity contribution < 1.29 is 9.59 Å². The van der Waals surface area contributed by atoms with Gasteiger partial charge in [-0.25, -0.2) is 4.79 Å². The number of fused-ring (bicyclic) bond motifs is 1. The van der Waals surface area contributed by atoms with E-state index in [1.165, 1.54) is 4.90 Å². The summed E-state index contributed by atoms with van der Waals surface area (Å²) in [6.07, 6.45) is 1.72. The molecule has 4 rings (SSSR count). The van der Waals surface area contributed by atoms with Crippen LogP contribution in [0.15, 0.2) is 54.7 Å². The minimum atomic E-state index is -0.653. The summed E-state index contributed by atoms with van der Waals surface area (Å²) in [6.45, 7) is 0. The van der Waals surface area contributed by atoms with E-state index in [2.05, 4.69) is 10.2 Å². The summed E-state index contributed by atoms with van der Waals surface area (Å²) >= 11 is 0. The molecule has 0 saturated carbocycles. The molecule has 23 heavy (non-hydrogen) atoms. The standard InChI is InChI=1S/C16H13N5O2/c1-19-13(11-7-3-2-4-8-11)14(22)21(16(19)23)15-18-17-12-9-5-6-10-20(12)15/h2-10,13H,1H3/t13-/m1/s1. The normalized spacial score (nSPS) is 18.2. The van der Waals surface area contributed by atoms with Gasteiger partial charge in [-0.1, -0.05) is 36.4 Å². The summed E-state index contributed by atoms with van der Waals surface area (Å²) in [6, 6.07) is 13.5. The van der Waals surface area contributed by atoms with Gasteiger partial charge in [-0.15, -0.1) is 10.2 Å². The summed E-state index contributed by atoms with van der Waals surface area (Å²) in [5.41, 5.74) is 1.35. The third-order valence-corrected chi connectivity index (χ3v) is 3.95. The quantitative estimate of drug-likeness (QED) is 0.678. The molecule has 7 nitrogen and oxygen atoms in total. The van der Waals surface area contributed by atoms with Crippen molar-refractivity contribution in [1.29, 1.82) is 0 Å². The molecule has 114 valence electrons. The van der Waals surface area contributed by atoms with E-state index in [1.54, 1.807) is 29.8 Å². The summed E-state index contributed by atoms with van der Waals surface area (Å²) < 4.78 is 1.62. The van der Waals surface area contributed by atoms with Crippen molar-refractivity contribution in [3.8, 4) is 0 Å². The number of aromatic nitrogens is 3. The third-order valence-electron chi connectivity index (χ3n) is 3.95. The van der Waals surface area contributed by atoms with Crippen molar-refractivity contribution in [2.45, 2.75) is 6.04 Å². The molecule has 3 heterocycles. The van der Waals surface area contributed by atoms with Crippen LogP contribution in [0.3, 0.4) is 0 Å². The lowest BCUT2D eigenvalue weighted by Crippen LogP contribution is -2.33. The van der Waals surface area contributed by atoms with Gasteiger partial charge in [-0.3, -0.25) is 9.20 Å². The van der Waals surface area contributed by atoms with E-state index in [1.807, 2.05) is 36.4 Å². The molecule has 1 aliphatic rings. The third kappa shape index (κ3) is 1.90. The van der Waals surface area contributed by atoms with Crippen molar-refractivity contribution in [2.24, 2.45) is 0 Å². The number of imide groups is 1. The van der Waals surface area contributed by atoms with Crippen LogP contribution >= 0.6 is 0 Å². The molecule has 0 unspecified atom stereocenters. The van der Waals surface area contributed by atoms with Crippen molar-refractivity contribution in [1.82, 2.24) is 19.5 Å². The van der Waals surface area contributed by atoms with Gasteiger partial charge in [0.25, 0.3) is 5.91 Å². The van der Waals surface area contributed by atoms with Crippen LogP contribution in [0.2, 0.25) is 0 Å². The number of rotatable bonds is 2. The minimum Gasteiger partial charge on any atom is -0.311 e. The fourth-order valence-corrected chi connectivity index (χ4v) is 2.82. The molecule has 1 aromatic carbocycles. The maximum absolute atomic E-state index is 12.9. The Morgan fingerprint density at radius 2 is 1.70 bits per heavy atom. The number of amides is 3. The summed E-state index contributed by atoms with van der Waals surface area (Å²) in [7, 11) is 1.61. The highest BCUT2D eigenvalue weighted by Gasteiger charge is 2.46. The first-order chi connectivity index (χ1) is 11.2. The summed E-state index contributed by atoms with van der Waals surface area (Å²) in [5.74, 6) is -0.122. The molecule has 0 aliphatic carbocycles. The van der Waals surface area contributed by atoms with Crippen LogP contribution in [0.25, 0.3) is 5.65 Å².